The minimum atomic E-state index is -1.46. The molecule has 0 saturated carbocycles. The Bertz CT molecular complexity index is 1440. The van der Waals surface area contributed by atoms with E-state index in [4.69, 9.17) is 0 Å². The molecule has 4 atom stereocenters. The lowest BCUT2D eigenvalue weighted by atomic mass is 10.1. The fraction of sp³-hybridized carbons (Fsp3) is 0.429. The second kappa shape index (κ2) is 9.99. The van der Waals surface area contributed by atoms with E-state index < -0.39 is 28.6 Å². The van der Waals surface area contributed by atoms with Gasteiger partial charge in [0.05, 0.1) is 22.6 Å². The average Bonchev–Trinajstić information content (AvgIpc) is 2.83. The number of pyridine rings is 1. The number of carboxylic acids is 1. The number of aromatic nitrogens is 1. The summed E-state index contributed by atoms with van der Waals surface area (Å²) in [4.78, 5) is 28.9. The number of hydrogen-bond acceptors (Lipinski definition) is 6. The van der Waals surface area contributed by atoms with E-state index in [-0.39, 0.29) is 46.4 Å². The molecule has 0 bridgehead atoms. The fourth-order valence-electron chi connectivity index (χ4n) is 5.91. The Morgan fingerprint density at radius 2 is 1.39 bits per heavy atom. The van der Waals surface area contributed by atoms with E-state index in [2.05, 4.69) is 10.6 Å². The third-order valence-electron chi connectivity index (χ3n) is 7.32. The summed E-state index contributed by atoms with van der Waals surface area (Å²) in [6.07, 6.45) is 1.14. The molecule has 38 heavy (non-hydrogen) atoms. The minimum absolute atomic E-state index is 0.0912. The third kappa shape index (κ3) is 4.74. The summed E-state index contributed by atoms with van der Waals surface area (Å²) in [5.41, 5.74) is -0.351. The number of carboxylic acid groups (broad SMARTS) is 1. The van der Waals surface area contributed by atoms with Gasteiger partial charge in [0, 0.05) is 61.9 Å². The molecule has 3 heterocycles. The number of carbonyl (C=O) groups is 1. The van der Waals surface area contributed by atoms with Gasteiger partial charge in [-0.05, 0) is 52.0 Å². The molecule has 1 aromatic heterocycles. The van der Waals surface area contributed by atoms with Crippen molar-refractivity contribution in [2.45, 2.75) is 51.9 Å². The standard InChI is InChI=1S/C28H33F2N5O3/c1-15-10-33(11-16(2)31-15)22-6-5-7-23(26(22)30)35-14-20(28(37)38)27(36)19-8-21(29)25(9-24(19)35)34-12-17(3)32-18(4)13-34/h5-9,14-18,31-32H,10-13H2,1-4H3,(H,37,38)/t15-,16+,17-,18+. The lowest BCUT2D eigenvalue weighted by Gasteiger charge is -2.38. The molecule has 2 fully saturated rings. The van der Waals surface area contributed by atoms with Crippen molar-refractivity contribution in [3.8, 4) is 5.69 Å². The van der Waals surface area contributed by atoms with Crippen LogP contribution in [-0.4, -0.2) is 66.0 Å². The van der Waals surface area contributed by atoms with Gasteiger partial charge in [0.25, 0.3) is 0 Å². The van der Waals surface area contributed by atoms with Crippen LogP contribution in [0.3, 0.4) is 0 Å². The van der Waals surface area contributed by atoms with Gasteiger partial charge in [-0.25, -0.2) is 13.6 Å². The number of nitrogens with one attached hydrogen (secondary N) is 2. The number of halogens is 2. The molecule has 10 heteroatoms. The van der Waals surface area contributed by atoms with Crippen molar-refractivity contribution in [3.05, 3.63) is 63.9 Å². The molecule has 8 nitrogen and oxygen atoms in total. The van der Waals surface area contributed by atoms with E-state index in [0.717, 1.165) is 12.3 Å². The highest BCUT2D eigenvalue weighted by Crippen LogP contribution is 2.32. The normalized spacial score (nSPS) is 24.2. The van der Waals surface area contributed by atoms with Gasteiger partial charge in [0.1, 0.15) is 11.4 Å². The maximum absolute atomic E-state index is 16.2. The van der Waals surface area contributed by atoms with Gasteiger partial charge in [0.2, 0.25) is 5.43 Å². The Kier molecular flexibility index (Phi) is 6.87. The van der Waals surface area contributed by atoms with Crippen LogP contribution in [0, 0.1) is 11.6 Å². The Morgan fingerprint density at radius 3 is 1.95 bits per heavy atom. The number of rotatable bonds is 4. The number of benzene rings is 2. The number of hydrogen-bond donors (Lipinski definition) is 3. The highest BCUT2D eigenvalue weighted by molar-refractivity contribution is 5.94. The zero-order chi connectivity index (χ0) is 27.3. The first-order valence-electron chi connectivity index (χ1n) is 13.0. The zero-order valence-electron chi connectivity index (χ0n) is 22.0. The van der Waals surface area contributed by atoms with Crippen molar-refractivity contribution in [1.82, 2.24) is 15.2 Å². The molecule has 202 valence electrons. The third-order valence-corrected chi connectivity index (χ3v) is 7.32. The SMILES string of the molecule is C[C@@H]1CN(c2cc3c(cc2F)c(=O)c(C(=O)O)cn3-c2cccc(N3C[C@@H](C)N[C@@H](C)C3)c2F)C[C@H](C)N1. The largest absolute Gasteiger partial charge is 0.477 e. The first-order chi connectivity index (χ1) is 18.0. The molecule has 5 rings (SSSR count). The maximum Gasteiger partial charge on any atom is 0.341 e. The van der Waals surface area contributed by atoms with Crippen LogP contribution in [0.1, 0.15) is 38.1 Å². The fourth-order valence-corrected chi connectivity index (χ4v) is 5.91. The van der Waals surface area contributed by atoms with Crippen molar-refractivity contribution in [2.75, 3.05) is 36.0 Å². The summed E-state index contributed by atoms with van der Waals surface area (Å²) in [7, 11) is 0. The number of piperazine rings is 2. The highest BCUT2D eigenvalue weighted by Gasteiger charge is 2.27. The van der Waals surface area contributed by atoms with E-state index in [1.807, 2.05) is 37.5 Å². The molecule has 2 aliphatic heterocycles. The summed E-state index contributed by atoms with van der Waals surface area (Å²) in [6, 6.07) is 8.10. The highest BCUT2D eigenvalue weighted by atomic mass is 19.1. The van der Waals surface area contributed by atoms with Gasteiger partial charge in [-0.2, -0.15) is 0 Å². The average molecular weight is 526 g/mol. The zero-order valence-corrected chi connectivity index (χ0v) is 22.0. The Morgan fingerprint density at radius 1 is 0.868 bits per heavy atom. The van der Waals surface area contributed by atoms with Crippen molar-refractivity contribution < 1.29 is 18.7 Å². The van der Waals surface area contributed by atoms with Crippen molar-refractivity contribution in [1.29, 1.82) is 0 Å². The van der Waals surface area contributed by atoms with E-state index in [0.29, 0.717) is 31.9 Å². The van der Waals surface area contributed by atoms with Crippen LogP contribution < -0.4 is 25.9 Å². The van der Waals surface area contributed by atoms with Crippen LogP contribution in [0.25, 0.3) is 16.6 Å². The van der Waals surface area contributed by atoms with Crippen LogP contribution in [0.4, 0.5) is 20.2 Å². The summed E-state index contributed by atoms with van der Waals surface area (Å²) in [5.74, 6) is -2.62. The summed E-state index contributed by atoms with van der Waals surface area (Å²) in [6.45, 7) is 10.4. The quantitative estimate of drug-likeness (QED) is 0.482. The molecule has 3 N–H and O–H groups in total. The van der Waals surface area contributed by atoms with E-state index in [1.54, 1.807) is 18.2 Å². The molecule has 0 radical (unpaired) electrons. The smallest absolute Gasteiger partial charge is 0.341 e. The molecule has 0 spiro atoms. The first kappa shape index (κ1) is 26.1. The van der Waals surface area contributed by atoms with Gasteiger partial charge in [-0.3, -0.25) is 4.79 Å². The topological polar surface area (TPSA) is 89.8 Å². The summed E-state index contributed by atoms with van der Waals surface area (Å²) < 4.78 is 33.0. The van der Waals surface area contributed by atoms with Crippen LogP contribution in [0.15, 0.2) is 41.3 Å². The van der Waals surface area contributed by atoms with Gasteiger partial charge < -0.3 is 30.1 Å². The predicted molar refractivity (Wildman–Crippen MR) is 145 cm³/mol. The number of anilines is 2. The molecular weight excluding hydrogens is 492 g/mol. The summed E-state index contributed by atoms with van der Waals surface area (Å²) in [5, 5.41) is 16.5. The molecule has 2 aromatic carbocycles. The van der Waals surface area contributed by atoms with Crippen molar-refractivity contribution in [2.24, 2.45) is 0 Å². The van der Waals surface area contributed by atoms with Gasteiger partial charge in [-0.15, -0.1) is 0 Å². The second-order valence-electron chi connectivity index (χ2n) is 10.7. The Balaban J connectivity index is 1.72. The molecule has 2 saturated heterocycles. The van der Waals surface area contributed by atoms with E-state index >= 15 is 8.78 Å². The molecular formula is C28H33F2N5O3. The predicted octanol–water partition coefficient (Wildman–Crippen LogP) is 3.34. The van der Waals surface area contributed by atoms with Gasteiger partial charge in [-0.1, -0.05) is 6.07 Å². The van der Waals surface area contributed by atoms with Gasteiger partial charge in [0.15, 0.2) is 5.82 Å². The minimum Gasteiger partial charge on any atom is -0.477 e. The monoisotopic (exact) mass is 525 g/mol. The lowest BCUT2D eigenvalue weighted by molar-refractivity contribution is 0.0695. The van der Waals surface area contributed by atoms with Crippen LogP contribution in [0.2, 0.25) is 0 Å². The molecule has 0 amide bonds. The maximum atomic E-state index is 16.2. The lowest BCUT2D eigenvalue weighted by Crippen LogP contribution is -2.54. The first-order valence-corrected chi connectivity index (χ1v) is 13.0. The van der Waals surface area contributed by atoms with E-state index in [9.17, 15) is 14.7 Å². The van der Waals surface area contributed by atoms with Crippen LogP contribution in [0.5, 0.6) is 0 Å². The molecule has 0 aliphatic carbocycles. The molecule has 3 aromatic rings. The Labute approximate surface area is 219 Å². The number of fused-ring (bicyclic) bond motifs is 1. The van der Waals surface area contributed by atoms with Crippen molar-refractivity contribution in [3.63, 3.8) is 0 Å². The molecule has 2 aliphatic rings. The van der Waals surface area contributed by atoms with E-state index in [1.165, 1.54) is 10.6 Å². The second-order valence-corrected chi connectivity index (χ2v) is 10.7. The molecule has 0 unspecified atom stereocenters. The van der Waals surface area contributed by atoms with Gasteiger partial charge >= 0.3 is 5.97 Å². The summed E-state index contributed by atoms with van der Waals surface area (Å²) >= 11 is 0. The number of nitrogens with zero attached hydrogens (tertiary/aromatic N) is 3. The Hall–Kier alpha value is -3.50. The van der Waals surface area contributed by atoms with Crippen molar-refractivity contribution >= 4 is 28.2 Å². The van der Waals surface area contributed by atoms with Crippen LogP contribution >= 0.6 is 0 Å². The van der Waals surface area contributed by atoms with Crippen LogP contribution in [-0.2, 0) is 0 Å². The number of aromatic carboxylic acids is 1.